The highest BCUT2D eigenvalue weighted by molar-refractivity contribution is 5.74. The van der Waals surface area contributed by atoms with Gasteiger partial charge in [-0.2, -0.15) is 0 Å². The van der Waals surface area contributed by atoms with Gasteiger partial charge in [0.25, 0.3) is 0 Å². The Balaban J connectivity index is 2.42. The van der Waals surface area contributed by atoms with Crippen molar-refractivity contribution in [1.29, 1.82) is 0 Å². The lowest BCUT2D eigenvalue weighted by molar-refractivity contribution is 0.0498. The maximum atomic E-state index is 10.8. The Bertz CT molecular complexity index is 233. The lowest BCUT2D eigenvalue weighted by atomic mass is 9.88. The normalized spacial score (nSPS) is 27.5. The molecule has 1 amide bonds. The molecule has 4 heteroatoms. The van der Waals surface area contributed by atoms with Crippen molar-refractivity contribution < 1.29 is 14.3 Å². The number of aliphatic imine (C=N–C) groups is 1. The van der Waals surface area contributed by atoms with Gasteiger partial charge in [-0.05, 0) is 25.2 Å². The first-order valence-corrected chi connectivity index (χ1v) is 4.52. The van der Waals surface area contributed by atoms with Gasteiger partial charge in [0.2, 0.25) is 6.08 Å². The summed E-state index contributed by atoms with van der Waals surface area (Å²) in [4.78, 5) is 23.4. The Morgan fingerprint density at radius 1 is 1.46 bits per heavy atom. The molecule has 0 aliphatic heterocycles. The molecule has 2 unspecified atom stereocenters. The standard InChI is InChI=1S/C9H13NO3/c1-7-4-2-3-5-8(7)13-9(12)10-6-11/h7-8H,2-5H2,1H3. The number of nitrogens with zero attached hydrogens (tertiary/aromatic N) is 1. The van der Waals surface area contributed by atoms with Crippen LogP contribution in [0.2, 0.25) is 0 Å². The van der Waals surface area contributed by atoms with Gasteiger partial charge in [-0.15, -0.1) is 0 Å². The number of hydrogen-bond acceptors (Lipinski definition) is 3. The van der Waals surface area contributed by atoms with E-state index < -0.39 is 6.09 Å². The maximum Gasteiger partial charge on any atom is 0.444 e. The highest BCUT2D eigenvalue weighted by Gasteiger charge is 2.24. The molecule has 0 aromatic rings. The van der Waals surface area contributed by atoms with Crippen molar-refractivity contribution in [3.05, 3.63) is 0 Å². The van der Waals surface area contributed by atoms with Crippen LogP contribution in [0.1, 0.15) is 32.6 Å². The van der Waals surface area contributed by atoms with Crippen LogP contribution in [0.15, 0.2) is 4.99 Å². The number of hydrogen-bond donors (Lipinski definition) is 0. The van der Waals surface area contributed by atoms with Crippen LogP contribution < -0.4 is 0 Å². The van der Waals surface area contributed by atoms with Gasteiger partial charge >= 0.3 is 6.09 Å². The van der Waals surface area contributed by atoms with Crippen LogP contribution in [-0.2, 0) is 9.53 Å². The largest absolute Gasteiger partial charge is 0.444 e. The fourth-order valence-corrected chi connectivity index (χ4v) is 1.65. The van der Waals surface area contributed by atoms with Crippen LogP contribution in [0, 0.1) is 5.92 Å². The summed E-state index contributed by atoms with van der Waals surface area (Å²) >= 11 is 0. The third-order valence-electron chi connectivity index (χ3n) is 2.42. The number of carbonyl (C=O) groups excluding carboxylic acids is 2. The highest BCUT2D eigenvalue weighted by Crippen LogP contribution is 2.26. The molecular formula is C9H13NO3. The molecule has 13 heavy (non-hydrogen) atoms. The van der Waals surface area contributed by atoms with Crippen molar-refractivity contribution >= 4 is 12.2 Å². The molecule has 0 radical (unpaired) electrons. The molecule has 0 saturated heterocycles. The minimum absolute atomic E-state index is 0.0710. The van der Waals surface area contributed by atoms with Crippen molar-refractivity contribution in [2.45, 2.75) is 38.7 Å². The van der Waals surface area contributed by atoms with Crippen LogP contribution in [0.25, 0.3) is 0 Å². The van der Waals surface area contributed by atoms with E-state index in [4.69, 9.17) is 4.74 Å². The molecule has 0 heterocycles. The number of ether oxygens (including phenoxy) is 1. The van der Waals surface area contributed by atoms with Crippen LogP contribution >= 0.6 is 0 Å². The maximum absolute atomic E-state index is 10.8. The second-order valence-electron chi connectivity index (χ2n) is 3.39. The van der Waals surface area contributed by atoms with Gasteiger partial charge in [0.15, 0.2) is 0 Å². The van der Waals surface area contributed by atoms with E-state index in [0.717, 1.165) is 19.3 Å². The molecule has 0 spiro atoms. The Kier molecular flexibility index (Phi) is 3.65. The molecule has 1 rings (SSSR count). The van der Waals surface area contributed by atoms with Crippen LogP contribution in [0.3, 0.4) is 0 Å². The molecular weight excluding hydrogens is 170 g/mol. The van der Waals surface area contributed by atoms with Gasteiger partial charge < -0.3 is 4.74 Å². The molecule has 1 aliphatic rings. The molecule has 0 aromatic carbocycles. The van der Waals surface area contributed by atoms with E-state index >= 15 is 0 Å². The summed E-state index contributed by atoms with van der Waals surface area (Å²) in [5.41, 5.74) is 0. The van der Waals surface area contributed by atoms with E-state index in [1.54, 1.807) is 0 Å². The highest BCUT2D eigenvalue weighted by atomic mass is 16.6. The van der Waals surface area contributed by atoms with E-state index in [0.29, 0.717) is 5.92 Å². The summed E-state index contributed by atoms with van der Waals surface area (Å²) in [6.45, 7) is 2.04. The number of carbonyl (C=O) groups is 1. The summed E-state index contributed by atoms with van der Waals surface area (Å²) in [5.74, 6) is 0.375. The van der Waals surface area contributed by atoms with Crippen molar-refractivity contribution in [2.75, 3.05) is 0 Å². The molecule has 2 atom stereocenters. The predicted octanol–water partition coefficient (Wildman–Crippen LogP) is 2.04. The Labute approximate surface area is 77.0 Å². The Morgan fingerprint density at radius 3 is 2.77 bits per heavy atom. The Hall–Kier alpha value is -1.15. The van der Waals surface area contributed by atoms with Crippen molar-refractivity contribution in [3.63, 3.8) is 0 Å². The molecule has 1 fully saturated rings. The van der Waals surface area contributed by atoms with Gasteiger partial charge in [-0.25, -0.2) is 9.59 Å². The van der Waals surface area contributed by atoms with E-state index in [-0.39, 0.29) is 6.10 Å². The zero-order chi connectivity index (χ0) is 9.68. The molecule has 1 saturated carbocycles. The second kappa shape index (κ2) is 4.77. The van der Waals surface area contributed by atoms with Crippen LogP contribution in [0.4, 0.5) is 4.79 Å². The minimum Gasteiger partial charge on any atom is -0.444 e. The molecule has 0 N–H and O–H groups in total. The van der Waals surface area contributed by atoms with Crippen LogP contribution in [0.5, 0.6) is 0 Å². The van der Waals surface area contributed by atoms with Gasteiger partial charge in [0.05, 0.1) is 0 Å². The molecule has 1 aliphatic carbocycles. The molecule has 0 aromatic heterocycles. The average Bonchev–Trinajstić information content (AvgIpc) is 2.09. The van der Waals surface area contributed by atoms with Crippen molar-refractivity contribution in [3.8, 4) is 0 Å². The third kappa shape index (κ3) is 2.99. The monoisotopic (exact) mass is 183 g/mol. The Morgan fingerprint density at radius 2 is 2.15 bits per heavy atom. The zero-order valence-corrected chi connectivity index (χ0v) is 7.66. The number of isocyanates is 1. The van der Waals surface area contributed by atoms with E-state index in [1.165, 1.54) is 12.5 Å². The molecule has 4 nitrogen and oxygen atoms in total. The lowest BCUT2D eigenvalue weighted by Crippen LogP contribution is -2.27. The summed E-state index contributed by atoms with van der Waals surface area (Å²) in [5, 5.41) is 0. The lowest BCUT2D eigenvalue weighted by Gasteiger charge is -2.27. The summed E-state index contributed by atoms with van der Waals surface area (Å²) in [6, 6.07) is 0. The second-order valence-corrected chi connectivity index (χ2v) is 3.39. The van der Waals surface area contributed by atoms with E-state index in [1.807, 2.05) is 6.92 Å². The van der Waals surface area contributed by atoms with Gasteiger partial charge in [0.1, 0.15) is 6.10 Å². The van der Waals surface area contributed by atoms with Gasteiger partial charge in [0, 0.05) is 0 Å². The average molecular weight is 183 g/mol. The SMILES string of the molecule is CC1CCCCC1OC(=O)N=C=O. The quantitative estimate of drug-likeness (QED) is 0.461. The summed E-state index contributed by atoms with van der Waals surface area (Å²) in [6.07, 6.45) is 4.50. The van der Waals surface area contributed by atoms with E-state index in [9.17, 15) is 9.59 Å². The fraction of sp³-hybridized carbons (Fsp3) is 0.778. The van der Waals surface area contributed by atoms with Crippen LogP contribution in [-0.4, -0.2) is 18.3 Å². The topological polar surface area (TPSA) is 55.7 Å². The smallest absolute Gasteiger partial charge is 0.444 e. The summed E-state index contributed by atoms with van der Waals surface area (Å²) in [7, 11) is 0. The predicted molar refractivity (Wildman–Crippen MR) is 46.0 cm³/mol. The number of rotatable bonds is 1. The molecule has 72 valence electrons. The summed E-state index contributed by atoms with van der Waals surface area (Å²) < 4.78 is 4.98. The van der Waals surface area contributed by atoms with E-state index in [2.05, 4.69) is 4.99 Å². The molecule has 0 bridgehead atoms. The fourth-order valence-electron chi connectivity index (χ4n) is 1.65. The first-order valence-electron chi connectivity index (χ1n) is 4.52. The van der Waals surface area contributed by atoms with Gasteiger partial charge in [-0.1, -0.05) is 18.3 Å². The zero-order valence-electron chi connectivity index (χ0n) is 7.66. The minimum atomic E-state index is -0.811. The first kappa shape index (κ1) is 9.93. The van der Waals surface area contributed by atoms with Crippen molar-refractivity contribution in [1.82, 2.24) is 0 Å². The van der Waals surface area contributed by atoms with Crippen molar-refractivity contribution in [2.24, 2.45) is 10.9 Å². The van der Waals surface area contributed by atoms with Gasteiger partial charge in [-0.3, -0.25) is 0 Å². The third-order valence-corrected chi connectivity index (χ3v) is 2.42. The first-order chi connectivity index (χ1) is 6.24. The number of amides is 1.